The highest BCUT2D eigenvalue weighted by molar-refractivity contribution is 7.92. The van der Waals surface area contributed by atoms with Crippen LogP contribution >= 0.6 is 0 Å². The van der Waals surface area contributed by atoms with Crippen LogP contribution < -0.4 is 0 Å². The van der Waals surface area contributed by atoms with E-state index in [9.17, 15) is 13.2 Å². The molecule has 0 saturated heterocycles. The van der Waals surface area contributed by atoms with Crippen LogP contribution in [0, 0.1) is 12.8 Å². The third kappa shape index (κ3) is 3.02. The summed E-state index contributed by atoms with van der Waals surface area (Å²) in [5.74, 6) is 0.482. The smallest absolute Gasteiger partial charge is 0.181 e. The molecule has 0 spiro atoms. The molecular formula is C18H22O3S. The molecule has 22 heavy (non-hydrogen) atoms. The molecular weight excluding hydrogens is 296 g/mol. The molecule has 0 amide bonds. The second kappa shape index (κ2) is 5.99. The molecule has 1 aromatic rings. The monoisotopic (exact) mass is 318 g/mol. The van der Waals surface area contributed by atoms with E-state index in [-0.39, 0.29) is 5.25 Å². The lowest BCUT2D eigenvalue weighted by Gasteiger charge is -2.10. The van der Waals surface area contributed by atoms with Crippen molar-refractivity contribution >= 4 is 21.7 Å². The minimum absolute atomic E-state index is 0.198. The number of aryl methyl sites for hydroxylation is 1. The summed E-state index contributed by atoms with van der Waals surface area (Å²) < 4.78 is 24.7. The van der Waals surface area contributed by atoms with Gasteiger partial charge in [0.1, 0.15) is 6.29 Å². The largest absolute Gasteiger partial charge is 0.298 e. The summed E-state index contributed by atoms with van der Waals surface area (Å²) in [5, 5.41) is -0.198. The van der Waals surface area contributed by atoms with Gasteiger partial charge in [0, 0.05) is 5.57 Å². The van der Waals surface area contributed by atoms with Crippen molar-refractivity contribution in [2.45, 2.75) is 55.6 Å². The lowest BCUT2D eigenvalue weighted by Crippen LogP contribution is -2.09. The summed E-state index contributed by atoms with van der Waals surface area (Å²) in [7, 11) is -3.18. The van der Waals surface area contributed by atoms with Crippen molar-refractivity contribution in [1.82, 2.24) is 0 Å². The van der Waals surface area contributed by atoms with E-state index in [1.54, 1.807) is 12.1 Å². The quantitative estimate of drug-likeness (QED) is 0.614. The van der Waals surface area contributed by atoms with Gasteiger partial charge in [0.05, 0.1) is 10.1 Å². The van der Waals surface area contributed by atoms with Crippen LogP contribution in [0.1, 0.15) is 49.7 Å². The summed E-state index contributed by atoms with van der Waals surface area (Å²) in [6.07, 6.45) is 9.23. The molecule has 0 atom stereocenters. The number of allylic oxidation sites excluding steroid dienone is 2. The number of sulfone groups is 1. The first-order valence-electron chi connectivity index (χ1n) is 8.04. The highest BCUT2D eigenvalue weighted by Crippen LogP contribution is 2.35. The van der Waals surface area contributed by atoms with E-state index >= 15 is 0 Å². The van der Waals surface area contributed by atoms with Gasteiger partial charge in [0.15, 0.2) is 9.84 Å². The maximum absolute atomic E-state index is 12.4. The minimum atomic E-state index is -3.18. The molecule has 0 N–H and O–H groups in total. The molecule has 2 saturated carbocycles. The molecule has 2 aliphatic rings. The Morgan fingerprint density at radius 3 is 2.36 bits per heavy atom. The minimum Gasteiger partial charge on any atom is -0.298 e. The number of rotatable bonds is 5. The van der Waals surface area contributed by atoms with Gasteiger partial charge in [-0.25, -0.2) is 8.42 Å². The highest BCUT2D eigenvalue weighted by Gasteiger charge is 2.37. The molecule has 2 aliphatic carbocycles. The number of carbonyl (C=O) groups is 1. The number of aldehydes is 1. The maximum atomic E-state index is 12.4. The second-order valence-electron chi connectivity index (χ2n) is 6.51. The third-order valence-corrected chi connectivity index (χ3v) is 7.14. The Morgan fingerprint density at radius 1 is 1.14 bits per heavy atom. The van der Waals surface area contributed by atoms with Crippen LogP contribution in [0.15, 0.2) is 29.2 Å². The standard InChI is InChI=1S/C18H22O3S/c1-13-10-15(16(12-19)11-14-4-2-3-5-14)6-9-18(13)22(20,21)17-7-8-17/h6,9-12,14,17H,2-5,7-8H2,1H3/b16-11-. The lowest BCUT2D eigenvalue weighted by molar-refractivity contribution is -0.103. The average molecular weight is 318 g/mol. The first kappa shape index (κ1) is 15.5. The summed E-state index contributed by atoms with van der Waals surface area (Å²) >= 11 is 0. The van der Waals surface area contributed by atoms with E-state index in [2.05, 4.69) is 6.08 Å². The van der Waals surface area contributed by atoms with E-state index in [4.69, 9.17) is 0 Å². The van der Waals surface area contributed by atoms with Crippen LogP contribution in [-0.2, 0) is 14.6 Å². The van der Waals surface area contributed by atoms with Gasteiger partial charge in [-0.2, -0.15) is 0 Å². The SMILES string of the molecule is Cc1cc(/C(C=O)=C\C2CCCC2)ccc1S(=O)(=O)C1CC1. The van der Waals surface area contributed by atoms with Crippen molar-refractivity contribution in [2.75, 3.05) is 0 Å². The molecule has 0 radical (unpaired) electrons. The van der Waals surface area contributed by atoms with Crippen molar-refractivity contribution in [3.05, 3.63) is 35.4 Å². The topological polar surface area (TPSA) is 51.2 Å². The van der Waals surface area contributed by atoms with Crippen molar-refractivity contribution in [3.8, 4) is 0 Å². The molecule has 0 aromatic heterocycles. The Hall–Kier alpha value is -1.42. The van der Waals surface area contributed by atoms with E-state index < -0.39 is 9.84 Å². The zero-order valence-electron chi connectivity index (χ0n) is 12.9. The van der Waals surface area contributed by atoms with E-state index in [0.717, 1.165) is 43.1 Å². The summed E-state index contributed by atoms with van der Waals surface area (Å²) in [6, 6.07) is 5.28. The van der Waals surface area contributed by atoms with Crippen molar-refractivity contribution < 1.29 is 13.2 Å². The van der Waals surface area contributed by atoms with Crippen LogP contribution in [0.4, 0.5) is 0 Å². The van der Waals surface area contributed by atoms with Gasteiger partial charge in [-0.3, -0.25) is 4.79 Å². The first-order valence-corrected chi connectivity index (χ1v) is 9.59. The molecule has 0 bridgehead atoms. The molecule has 3 rings (SSSR count). The van der Waals surface area contributed by atoms with Crippen molar-refractivity contribution in [2.24, 2.45) is 5.92 Å². The Morgan fingerprint density at radius 2 is 1.82 bits per heavy atom. The van der Waals surface area contributed by atoms with Gasteiger partial charge < -0.3 is 0 Å². The molecule has 0 aliphatic heterocycles. The Bertz CT molecular complexity index is 706. The molecule has 4 heteroatoms. The highest BCUT2D eigenvalue weighted by atomic mass is 32.2. The van der Waals surface area contributed by atoms with Gasteiger partial charge >= 0.3 is 0 Å². The molecule has 3 nitrogen and oxygen atoms in total. The molecule has 0 unspecified atom stereocenters. The fraction of sp³-hybridized carbons (Fsp3) is 0.500. The summed E-state index contributed by atoms with van der Waals surface area (Å²) in [4.78, 5) is 11.8. The van der Waals surface area contributed by atoms with E-state index in [1.807, 2.05) is 13.0 Å². The molecule has 0 heterocycles. The number of hydrogen-bond acceptors (Lipinski definition) is 3. The van der Waals surface area contributed by atoms with Gasteiger partial charge in [-0.1, -0.05) is 31.1 Å². The van der Waals surface area contributed by atoms with Gasteiger partial charge in [0.25, 0.3) is 0 Å². The predicted molar refractivity (Wildman–Crippen MR) is 87.4 cm³/mol. The van der Waals surface area contributed by atoms with Crippen molar-refractivity contribution in [3.63, 3.8) is 0 Å². The second-order valence-corrected chi connectivity index (χ2v) is 8.71. The van der Waals surface area contributed by atoms with Crippen molar-refractivity contribution in [1.29, 1.82) is 0 Å². The third-order valence-electron chi connectivity index (χ3n) is 4.72. The van der Waals surface area contributed by atoms with Crippen LogP contribution in [-0.4, -0.2) is 20.0 Å². The van der Waals surface area contributed by atoms with Crippen LogP contribution in [0.25, 0.3) is 5.57 Å². The summed E-state index contributed by atoms with van der Waals surface area (Å²) in [5.41, 5.74) is 2.25. The zero-order valence-corrected chi connectivity index (χ0v) is 13.7. The van der Waals surface area contributed by atoms with Crippen LogP contribution in [0.3, 0.4) is 0 Å². The predicted octanol–water partition coefficient (Wildman–Crippen LogP) is 3.70. The van der Waals surface area contributed by atoms with E-state index in [0.29, 0.717) is 16.4 Å². The number of carbonyl (C=O) groups excluding carboxylic acids is 1. The fourth-order valence-electron chi connectivity index (χ4n) is 3.29. The van der Waals surface area contributed by atoms with Gasteiger partial charge in [-0.05, 0) is 55.7 Å². The molecule has 118 valence electrons. The van der Waals surface area contributed by atoms with Gasteiger partial charge in [-0.15, -0.1) is 0 Å². The van der Waals surface area contributed by atoms with E-state index in [1.165, 1.54) is 12.8 Å². The normalized spacial score (nSPS) is 20.3. The van der Waals surface area contributed by atoms with Gasteiger partial charge in [0.2, 0.25) is 0 Å². The summed E-state index contributed by atoms with van der Waals surface area (Å²) in [6.45, 7) is 1.82. The molecule has 1 aromatic carbocycles. The van der Waals surface area contributed by atoms with Crippen LogP contribution in [0.2, 0.25) is 0 Å². The number of hydrogen-bond donors (Lipinski definition) is 0. The number of benzene rings is 1. The lowest BCUT2D eigenvalue weighted by atomic mass is 9.98. The molecule has 2 fully saturated rings. The Labute approximate surface area is 132 Å². The maximum Gasteiger partial charge on any atom is 0.181 e. The first-order chi connectivity index (χ1) is 10.5. The Kier molecular flexibility index (Phi) is 4.22. The zero-order chi connectivity index (χ0) is 15.7. The fourth-order valence-corrected chi connectivity index (χ4v) is 5.17. The van der Waals surface area contributed by atoms with Crippen LogP contribution in [0.5, 0.6) is 0 Å². The Balaban J connectivity index is 1.91. The average Bonchev–Trinajstić information content (AvgIpc) is 3.23.